The molecule has 2 fully saturated rings. The fourth-order valence-corrected chi connectivity index (χ4v) is 5.50. The van der Waals surface area contributed by atoms with Gasteiger partial charge in [0.2, 0.25) is 5.91 Å². The van der Waals surface area contributed by atoms with Crippen molar-refractivity contribution in [3.63, 3.8) is 0 Å². The summed E-state index contributed by atoms with van der Waals surface area (Å²) >= 11 is 0. The average molecular weight is 411 g/mol. The van der Waals surface area contributed by atoms with Crippen molar-refractivity contribution in [1.29, 1.82) is 0 Å². The number of hydrogen-bond acceptors (Lipinski definition) is 4. The number of fused-ring (bicyclic) bond motifs is 1. The van der Waals surface area contributed by atoms with Crippen LogP contribution in [0.3, 0.4) is 0 Å². The van der Waals surface area contributed by atoms with Gasteiger partial charge in [0.1, 0.15) is 5.69 Å². The molecule has 0 spiro atoms. The molecule has 1 N–H and O–H groups in total. The molecule has 0 aliphatic heterocycles. The van der Waals surface area contributed by atoms with Crippen LogP contribution in [0.2, 0.25) is 0 Å². The third-order valence-electron chi connectivity index (χ3n) is 7.60. The summed E-state index contributed by atoms with van der Waals surface area (Å²) in [5, 5.41) is 11.5. The number of nitrogens with one attached hydrogen (secondary N) is 1. The second-order valence-electron chi connectivity index (χ2n) is 9.53. The molecule has 0 aromatic carbocycles. The molecular weight excluding hydrogens is 376 g/mol. The van der Waals surface area contributed by atoms with Gasteiger partial charge >= 0.3 is 0 Å². The quantitative estimate of drug-likeness (QED) is 0.734. The van der Waals surface area contributed by atoms with Gasteiger partial charge in [-0.15, -0.1) is 5.10 Å². The summed E-state index contributed by atoms with van der Waals surface area (Å²) in [7, 11) is 0. The van der Waals surface area contributed by atoms with Crippen LogP contribution in [-0.2, 0) is 16.1 Å². The zero-order valence-corrected chi connectivity index (χ0v) is 18.3. The Balaban J connectivity index is 1.35. The molecule has 0 saturated heterocycles. The van der Waals surface area contributed by atoms with Crippen LogP contribution in [0.5, 0.6) is 0 Å². The molecule has 1 aromatic rings. The van der Waals surface area contributed by atoms with Gasteiger partial charge in [0, 0.05) is 12.0 Å². The molecule has 3 atom stereocenters. The summed E-state index contributed by atoms with van der Waals surface area (Å²) in [5.74, 6) is 1.11. The zero-order valence-electron chi connectivity index (χ0n) is 18.3. The highest BCUT2D eigenvalue weighted by Gasteiger charge is 2.38. The third kappa shape index (κ3) is 4.28. The Bertz CT molecular complexity index is 862. The van der Waals surface area contributed by atoms with Crippen molar-refractivity contribution in [2.24, 2.45) is 17.8 Å². The molecule has 30 heavy (non-hydrogen) atoms. The first kappa shape index (κ1) is 21.0. The second kappa shape index (κ2) is 8.86. The Kier molecular flexibility index (Phi) is 6.21. The van der Waals surface area contributed by atoms with Gasteiger partial charge in [-0.1, -0.05) is 43.6 Å². The second-order valence-corrected chi connectivity index (χ2v) is 9.53. The predicted octanol–water partition coefficient (Wildman–Crippen LogP) is 4.30. The molecular formula is C24H34N4O2. The molecule has 1 amide bonds. The van der Waals surface area contributed by atoms with Gasteiger partial charge in [-0.3, -0.25) is 9.59 Å². The summed E-state index contributed by atoms with van der Waals surface area (Å²) in [6, 6.07) is 0.442. The molecule has 6 heteroatoms. The van der Waals surface area contributed by atoms with E-state index in [1.807, 2.05) is 17.8 Å². The van der Waals surface area contributed by atoms with Crippen molar-refractivity contribution in [2.45, 2.75) is 84.2 Å². The van der Waals surface area contributed by atoms with E-state index in [1.165, 1.54) is 24.8 Å². The summed E-state index contributed by atoms with van der Waals surface area (Å²) in [4.78, 5) is 25.0. The van der Waals surface area contributed by atoms with Crippen molar-refractivity contribution < 1.29 is 9.59 Å². The van der Waals surface area contributed by atoms with Gasteiger partial charge in [0.25, 0.3) is 0 Å². The third-order valence-corrected chi connectivity index (χ3v) is 7.60. The summed E-state index contributed by atoms with van der Waals surface area (Å²) in [6.45, 7) is 8.69. The Hall–Kier alpha value is -2.24. The number of ketones is 1. The van der Waals surface area contributed by atoms with Gasteiger partial charge in [-0.2, -0.15) is 0 Å². The van der Waals surface area contributed by atoms with E-state index in [9.17, 15) is 9.59 Å². The van der Waals surface area contributed by atoms with E-state index < -0.39 is 0 Å². The maximum atomic E-state index is 12.8. The van der Waals surface area contributed by atoms with Gasteiger partial charge in [0.05, 0.1) is 18.8 Å². The van der Waals surface area contributed by atoms with Crippen LogP contribution in [0, 0.1) is 17.8 Å². The van der Waals surface area contributed by atoms with Crippen LogP contribution in [0.4, 0.5) is 0 Å². The minimum Gasteiger partial charge on any atom is -0.347 e. The minimum absolute atomic E-state index is 0.103. The van der Waals surface area contributed by atoms with Crippen molar-refractivity contribution in [2.75, 3.05) is 0 Å². The van der Waals surface area contributed by atoms with Crippen molar-refractivity contribution in [1.82, 2.24) is 20.3 Å². The SMILES string of the molecule is C=C(C(=O)NCc1cn(C2CCCCC2)nn1)[C@@H]1CC[C@H](C)[C@@H]2CC(=O)C(C)=C2C1. The van der Waals surface area contributed by atoms with Crippen LogP contribution in [0.1, 0.15) is 83.4 Å². The van der Waals surface area contributed by atoms with Crippen molar-refractivity contribution in [3.05, 3.63) is 35.2 Å². The molecule has 0 radical (unpaired) electrons. The average Bonchev–Trinajstić information content (AvgIpc) is 3.30. The highest BCUT2D eigenvalue weighted by molar-refractivity contribution is 5.99. The first-order valence-corrected chi connectivity index (χ1v) is 11.5. The van der Waals surface area contributed by atoms with E-state index >= 15 is 0 Å². The molecule has 162 valence electrons. The number of Topliss-reactive ketones (excluding diaryl/α,β-unsaturated/α-hetero) is 1. The largest absolute Gasteiger partial charge is 0.347 e. The lowest BCUT2D eigenvalue weighted by atomic mass is 9.86. The lowest BCUT2D eigenvalue weighted by Crippen LogP contribution is -2.27. The highest BCUT2D eigenvalue weighted by Crippen LogP contribution is 2.45. The fourth-order valence-electron chi connectivity index (χ4n) is 5.50. The number of amides is 1. The van der Waals surface area contributed by atoms with Crippen LogP contribution in [-0.4, -0.2) is 26.7 Å². The van der Waals surface area contributed by atoms with Crippen molar-refractivity contribution in [3.8, 4) is 0 Å². The van der Waals surface area contributed by atoms with E-state index in [-0.39, 0.29) is 17.6 Å². The molecule has 4 rings (SSSR count). The normalized spacial score (nSPS) is 27.7. The predicted molar refractivity (Wildman–Crippen MR) is 115 cm³/mol. The molecule has 2 saturated carbocycles. The molecule has 1 aromatic heterocycles. The maximum absolute atomic E-state index is 12.8. The van der Waals surface area contributed by atoms with Gasteiger partial charge in [-0.25, -0.2) is 4.68 Å². The molecule has 6 nitrogen and oxygen atoms in total. The van der Waals surface area contributed by atoms with E-state index in [1.54, 1.807) is 0 Å². The molecule has 1 heterocycles. The van der Waals surface area contributed by atoms with E-state index in [2.05, 4.69) is 29.1 Å². The smallest absolute Gasteiger partial charge is 0.247 e. The number of hydrogen-bond donors (Lipinski definition) is 1. The molecule has 3 aliphatic carbocycles. The van der Waals surface area contributed by atoms with Crippen LogP contribution in [0.25, 0.3) is 0 Å². The number of rotatable bonds is 5. The van der Waals surface area contributed by atoms with Gasteiger partial charge in [-0.05, 0) is 62.4 Å². The number of carbonyl (C=O) groups excluding carboxylic acids is 2. The number of allylic oxidation sites excluding steroid dienone is 2. The highest BCUT2D eigenvalue weighted by atomic mass is 16.1. The maximum Gasteiger partial charge on any atom is 0.247 e. The van der Waals surface area contributed by atoms with Gasteiger partial charge < -0.3 is 5.32 Å². The van der Waals surface area contributed by atoms with Crippen molar-refractivity contribution >= 4 is 11.7 Å². The zero-order chi connectivity index (χ0) is 21.3. The standard InChI is InChI=1S/C24H34N4O2/c1-15-9-10-18(11-22-17(3)23(29)12-21(15)22)16(2)24(30)25-13-19-14-28(27-26-19)20-7-5-4-6-8-20/h14-15,18,20-21H,2,4-13H2,1,3H3,(H,25,30)/t15-,18+,21-/m0/s1. The fraction of sp³-hybridized carbons (Fsp3) is 0.667. The van der Waals surface area contributed by atoms with Crippen LogP contribution in [0.15, 0.2) is 29.5 Å². The molecule has 0 bridgehead atoms. The number of nitrogens with zero attached hydrogens (tertiary/aromatic N) is 3. The van der Waals surface area contributed by atoms with E-state index in [4.69, 9.17) is 0 Å². The summed E-state index contributed by atoms with van der Waals surface area (Å²) in [5.41, 5.74) is 3.60. The first-order chi connectivity index (χ1) is 14.4. The summed E-state index contributed by atoms with van der Waals surface area (Å²) in [6.07, 6.45) is 11.5. The molecule has 3 aliphatic rings. The number of aromatic nitrogens is 3. The first-order valence-electron chi connectivity index (χ1n) is 11.5. The van der Waals surface area contributed by atoms with E-state index in [0.29, 0.717) is 36.4 Å². The minimum atomic E-state index is -0.110. The Morgan fingerprint density at radius 1 is 1.20 bits per heavy atom. The Morgan fingerprint density at radius 3 is 2.73 bits per heavy atom. The van der Waals surface area contributed by atoms with Crippen LogP contribution >= 0.6 is 0 Å². The van der Waals surface area contributed by atoms with Crippen LogP contribution < -0.4 is 5.32 Å². The van der Waals surface area contributed by atoms with Gasteiger partial charge in [0.15, 0.2) is 5.78 Å². The molecule has 0 unspecified atom stereocenters. The Morgan fingerprint density at radius 2 is 1.97 bits per heavy atom. The topological polar surface area (TPSA) is 76.9 Å². The number of carbonyl (C=O) groups is 2. The Labute approximate surface area is 179 Å². The lowest BCUT2D eigenvalue weighted by molar-refractivity contribution is -0.118. The summed E-state index contributed by atoms with van der Waals surface area (Å²) < 4.78 is 1.97. The van der Waals surface area contributed by atoms with E-state index in [0.717, 1.165) is 43.4 Å². The lowest BCUT2D eigenvalue weighted by Gasteiger charge is -2.21. The monoisotopic (exact) mass is 410 g/mol.